The van der Waals surface area contributed by atoms with Crippen LogP contribution in [0.4, 0.5) is 0 Å². The molecule has 0 bridgehead atoms. The molecule has 0 fully saturated rings. The first kappa shape index (κ1) is 9.90. The molecule has 3 heteroatoms. The van der Waals surface area contributed by atoms with Crippen LogP contribution in [0.5, 0.6) is 5.75 Å². The van der Waals surface area contributed by atoms with Gasteiger partial charge in [0, 0.05) is 5.39 Å². The highest BCUT2D eigenvalue weighted by Crippen LogP contribution is 2.19. The number of phenols is 1. The Morgan fingerprint density at radius 1 is 1.12 bits per heavy atom. The standard InChI is InChI=1S/C14H11N2O/c17-13-6-7-14-12(8-13)9-15-16(14)10-11-4-2-1-3-5-11/h1-8,17H,10H2. The van der Waals surface area contributed by atoms with E-state index in [1.807, 2.05) is 28.9 Å². The molecule has 2 aromatic carbocycles. The van der Waals surface area contributed by atoms with Gasteiger partial charge in [-0.25, -0.2) is 0 Å². The summed E-state index contributed by atoms with van der Waals surface area (Å²) in [6, 6.07) is 15.3. The molecule has 0 saturated heterocycles. The number of rotatable bonds is 2. The molecular weight excluding hydrogens is 212 g/mol. The number of hydrogen-bond donors (Lipinski definition) is 1. The molecule has 0 unspecified atom stereocenters. The third-order valence-corrected chi connectivity index (χ3v) is 2.72. The number of aromatic hydroxyl groups is 1. The lowest BCUT2D eigenvalue weighted by Crippen LogP contribution is -2.00. The van der Waals surface area contributed by atoms with Crippen LogP contribution in [-0.2, 0) is 6.54 Å². The maximum Gasteiger partial charge on any atom is 0.121 e. The summed E-state index contributed by atoms with van der Waals surface area (Å²) in [7, 11) is 0. The van der Waals surface area contributed by atoms with Crippen molar-refractivity contribution < 1.29 is 5.11 Å². The van der Waals surface area contributed by atoms with Crippen LogP contribution in [0.2, 0.25) is 0 Å². The van der Waals surface area contributed by atoms with E-state index in [2.05, 4.69) is 23.4 Å². The van der Waals surface area contributed by atoms with Crippen LogP contribution in [0.15, 0.2) is 48.5 Å². The van der Waals surface area contributed by atoms with Crippen molar-refractivity contribution in [1.29, 1.82) is 0 Å². The Hall–Kier alpha value is -2.29. The quantitative estimate of drug-likeness (QED) is 0.725. The molecule has 3 rings (SSSR count). The highest BCUT2D eigenvalue weighted by molar-refractivity contribution is 5.79. The fraction of sp³-hybridized carbons (Fsp3) is 0.0714. The number of phenolic OH excluding ortho intramolecular Hbond substituents is 1. The van der Waals surface area contributed by atoms with E-state index in [9.17, 15) is 5.11 Å². The summed E-state index contributed by atoms with van der Waals surface area (Å²) in [5.41, 5.74) is 2.17. The highest BCUT2D eigenvalue weighted by Gasteiger charge is 2.04. The lowest BCUT2D eigenvalue weighted by molar-refractivity contribution is 0.476. The van der Waals surface area contributed by atoms with Crippen LogP contribution in [0.25, 0.3) is 10.9 Å². The van der Waals surface area contributed by atoms with Crippen molar-refractivity contribution in [1.82, 2.24) is 9.78 Å². The van der Waals surface area contributed by atoms with Crippen molar-refractivity contribution in [3.63, 3.8) is 0 Å². The lowest BCUT2D eigenvalue weighted by atomic mass is 10.2. The van der Waals surface area contributed by atoms with Crippen molar-refractivity contribution >= 4 is 10.9 Å². The normalized spacial score (nSPS) is 10.8. The van der Waals surface area contributed by atoms with Crippen molar-refractivity contribution in [2.45, 2.75) is 6.54 Å². The molecule has 1 heterocycles. The van der Waals surface area contributed by atoms with Crippen molar-refractivity contribution in [2.24, 2.45) is 0 Å². The summed E-state index contributed by atoms with van der Waals surface area (Å²) >= 11 is 0. The molecule has 83 valence electrons. The van der Waals surface area contributed by atoms with Crippen LogP contribution in [-0.4, -0.2) is 14.9 Å². The second kappa shape index (κ2) is 3.94. The average Bonchev–Trinajstić information content (AvgIpc) is 2.73. The smallest absolute Gasteiger partial charge is 0.121 e. The minimum absolute atomic E-state index is 0.244. The maximum atomic E-state index is 9.37. The molecule has 3 nitrogen and oxygen atoms in total. The zero-order valence-corrected chi connectivity index (χ0v) is 9.17. The first-order valence-electron chi connectivity index (χ1n) is 5.44. The molecule has 1 aromatic heterocycles. The Morgan fingerprint density at radius 2 is 1.94 bits per heavy atom. The summed E-state index contributed by atoms with van der Waals surface area (Å²) in [4.78, 5) is 0. The van der Waals surface area contributed by atoms with Gasteiger partial charge in [0.25, 0.3) is 0 Å². The van der Waals surface area contributed by atoms with E-state index in [-0.39, 0.29) is 5.75 Å². The minimum Gasteiger partial charge on any atom is -0.508 e. The summed E-state index contributed by atoms with van der Waals surface area (Å²) < 4.78 is 1.88. The Balaban J connectivity index is 2.01. The molecule has 0 amide bonds. The first-order valence-corrected chi connectivity index (χ1v) is 5.44. The van der Waals surface area contributed by atoms with Crippen LogP contribution in [0, 0.1) is 6.20 Å². The maximum absolute atomic E-state index is 9.37. The monoisotopic (exact) mass is 223 g/mol. The molecule has 3 aromatic rings. The van der Waals surface area contributed by atoms with Gasteiger partial charge in [-0.15, -0.1) is 0 Å². The number of hydrogen-bond acceptors (Lipinski definition) is 2. The number of fused-ring (bicyclic) bond motifs is 1. The van der Waals surface area contributed by atoms with Crippen molar-refractivity contribution in [3.8, 4) is 5.75 Å². The van der Waals surface area contributed by atoms with Gasteiger partial charge in [0.05, 0.1) is 12.1 Å². The zero-order chi connectivity index (χ0) is 11.7. The van der Waals surface area contributed by atoms with E-state index < -0.39 is 0 Å². The lowest BCUT2D eigenvalue weighted by Gasteiger charge is -2.03. The zero-order valence-electron chi connectivity index (χ0n) is 9.17. The largest absolute Gasteiger partial charge is 0.508 e. The van der Waals surface area contributed by atoms with Crippen LogP contribution < -0.4 is 0 Å². The van der Waals surface area contributed by atoms with Gasteiger partial charge in [0.15, 0.2) is 0 Å². The van der Waals surface area contributed by atoms with E-state index in [0.29, 0.717) is 6.54 Å². The van der Waals surface area contributed by atoms with E-state index in [1.54, 1.807) is 12.1 Å². The van der Waals surface area contributed by atoms with Crippen LogP contribution in [0.1, 0.15) is 5.56 Å². The van der Waals surface area contributed by atoms with Crippen molar-refractivity contribution in [3.05, 3.63) is 60.3 Å². The predicted octanol–water partition coefficient (Wildman–Crippen LogP) is 2.59. The van der Waals surface area contributed by atoms with Gasteiger partial charge < -0.3 is 5.11 Å². The molecule has 0 atom stereocenters. The van der Waals surface area contributed by atoms with Gasteiger partial charge in [-0.05, 0) is 23.8 Å². The van der Waals surface area contributed by atoms with Crippen LogP contribution in [0.3, 0.4) is 0 Å². The van der Waals surface area contributed by atoms with E-state index in [4.69, 9.17) is 0 Å². The average molecular weight is 223 g/mol. The number of benzene rings is 2. The van der Waals surface area contributed by atoms with Crippen molar-refractivity contribution in [2.75, 3.05) is 0 Å². The van der Waals surface area contributed by atoms with E-state index in [1.165, 1.54) is 5.56 Å². The van der Waals surface area contributed by atoms with Crippen LogP contribution >= 0.6 is 0 Å². The van der Waals surface area contributed by atoms with Gasteiger partial charge in [-0.3, -0.25) is 4.68 Å². The molecule has 0 spiro atoms. The Labute approximate surface area is 98.9 Å². The van der Waals surface area contributed by atoms with Gasteiger partial charge in [0.1, 0.15) is 11.9 Å². The SMILES string of the molecule is Oc1ccc2c([c]nn2Cc2ccccc2)c1. The molecule has 0 aliphatic carbocycles. The molecule has 1 N–H and O–H groups in total. The first-order chi connectivity index (χ1) is 8.33. The number of aromatic nitrogens is 2. The van der Waals surface area contributed by atoms with E-state index in [0.717, 1.165) is 10.9 Å². The Kier molecular flexibility index (Phi) is 2.29. The molecule has 0 saturated carbocycles. The summed E-state index contributed by atoms with van der Waals surface area (Å²) in [6.07, 6.45) is 2.90. The van der Waals surface area contributed by atoms with Gasteiger partial charge in [0.2, 0.25) is 0 Å². The topological polar surface area (TPSA) is 38.1 Å². The van der Waals surface area contributed by atoms with Gasteiger partial charge in [-0.1, -0.05) is 30.3 Å². The number of nitrogens with zero attached hydrogens (tertiary/aromatic N) is 2. The summed E-state index contributed by atoms with van der Waals surface area (Å²) in [5, 5.41) is 14.4. The summed E-state index contributed by atoms with van der Waals surface area (Å²) in [6.45, 7) is 0.714. The third kappa shape index (κ3) is 1.87. The second-order valence-corrected chi connectivity index (χ2v) is 3.96. The molecular formula is C14H11N2O. The van der Waals surface area contributed by atoms with Gasteiger partial charge in [-0.2, -0.15) is 5.10 Å². The minimum atomic E-state index is 0.244. The Bertz CT molecular complexity index is 644. The predicted molar refractivity (Wildman–Crippen MR) is 65.8 cm³/mol. The highest BCUT2D eigenvalue weighted by atomic mass is 16.3. The van der Waals surface area contributed by atoms with Gasteiger partial charge >= 0.3 is 0 Å². The third-order valence-electron chi connectivity index (χ3n) is 2.72. The fourth-order valence-corrected chi connectivity index (χ4v) is 1.88. The Morgan fingerprint density at radius 3 is 2.76 bits per heavy atom. The molecule has 1 radical (unpaired) electrons. The second-order valence-electron chi connectivity index (χ2n) is 3.96. The molecule has 17 heavy (non-hydrogen) atoms. The molecule has 0 aliphatic heterocycles. The molecule has 0 aliphatic rings. The summed E-state index contributed by atoms with van der Waals surface area (Å²) in [5.74, 6) is 0.244. The van der Waals surface area contributed by atoms with E-state index >= 15 is 0 Å². The fourth-order valence-electron chi connectivity index (χ4n) is 1.88.